The van der Waals surface area contributed by atoms with Crippen molar-refractivity contribution in [3.63, 3.8) is 0 Å². The summed E-state index contributed by atoms with van der Waals surface area (Å²) in [6, 6.07) is -1.20. The lowest BCUT2D eigenvalue weighted by molar-refractivity contribution is -0.154. The third-order valence-electron chi connectivity index (χ3n) is 2.70. The fourth-order valence-corrected chi connectivity index (χ4v) is 1.69. The normalized spacial score (nSPS) is 15.3. The number of nitrogens with two attached hydrogens (primary N) is 2. The molecule has 0 saturated carbocycles. The molecule has 0 fully saturated rings. The molecule has 0 amide bonds. The van der Waals surface area contributed by atoms with Gasteiger partial charge < -0.3 is 21.3 Å². The molecule has 0 aromatic carbocycles. The van der Waals surface area contributed by atoms with E-state index in [0.29, 0.717) is 12.5 Å². The standard InChI is InChI=1S/C12H24N2O4.ClH/c1-7(2)4-9(6-13)5-10(15)18-8(3)11(14)12(16)17;/h7-9,11H,4-6,13-14H2,1-3H3,(H,16,17);1H/t8-,9+,11+;/m1./s1. The summed E-state index contributed by atoms with van der Waals surface area (Å²) in [6.07, 6.45) is 0.198. The predicted octanol–water partition coefficient (Wildman–Crippen LogP) is 0.763. The summed E-state index contributed by atoms with van der Waals surface area (Å²) in [4.78, 5) is 22.2. The van der Waals surface area contributed by atoms with Crippen LogP contribution in [-0.4, -0.2) is 35.7 Å². The van der Waals surface area contributed by atoms with Crippen molar-refractivity contribution in [1.82, 2.24) is 0 Å². The largest absolute Gasteiger partial charge is 0.480 e. The molecular weight excluding hydrogens is 272 g/mol. The number of carboxylic acids is 1. The summed E-state index contributed by atoms with van der Waals surface area (Å²) in [6.45, 7) is 5.98. The van der Waals surface area contributed by atoms with Crippen LogP contribution in [0.15, 0.2) is 0 Å². The van der Waals surface area contributed by atoms with E-state index < -0.39 is 24.1 Å². The predicted molar refractivity (Wildman–Crippen MR) is 75.0 cm³/mol. The van der Waals surface area contributed by atoms with Crippen molar-refractivity contribution >= 4 is 24.3 Å². The zero-order valence-electron chi connectivity index (χ0n) is 11.7. The van der Waals surface area contributed by atoms with Crippen LogP contribution in [0.1, 0.15) is 33.6 Å². The second kappa shape index (κ2) is 10.00. The maximum Gasteiger partial charge on any atom is 0.324 e. The van der Waals surface area contributed by atoms with Crippen LogP contribution in [0.3, 0.4) is 0 Å². The Morgan fingerprint density at radius 1 is 1.26 bits per heavy atom. The van der Waals surface area contributed by atoms with Crippen molar-refractivity contribution in [2.24, 2.45) is 23.3 Å². The van der Waals surface area contributed by atoms with Gasteiger partial charge in [-0.2, -0.15) is 0 Å². The summed E-state index contributed by atoms with van der Waals surface area (Å²) >= 11 is 0. The Kier molecular flexibility index (Phi) is 10.8. The van der Waals surface area contributed by atoms with Crippen LogP contribution in [0, 0.1) is 11.8 Å². The van der Waals surface area contributed by atoms with Gasteiger partial charge in [0, 0.05) is 6.42 Å². The van der Waals surface area contributed by atoms with Crippen molar-refractivity contribution in [2.75, 3.05) is 6.54 Å². The quantitative estimate of drug-likeness (QED) is 0.570. The van der Waals surface area contributed by atoms with E-state index in [1.54, 1.807) is 0 Å². The van der Waals surface area contributed by atoms with Gasteiger partial charge in [0.25, 0.3) is 0 Å². The van der Waals surface area contributed by atoms with Crippen molar-refractivity contribution in [1.29, 1.82) is 0 Å². The van der Waals surface area contributed by atoms with E-state index in [-0.39, 0.29) is 24.7 Å². The first kappa shape index (κ1) is 20.5. The molecule has 0 rings (SSSR count). The molecule has 6 nitrogen and oxygen atoms in total. The van der Waals surface area contributed by atoms with Gasteiger partial charge in [-0.1, -0.05) is 13.8 Å². The molecule has 5 N–H and O–H groups in total. The van der Waals surface area contributed by atoms with Crippen molar-refractivity contribution < 1.29 is 19.4 Å². The molecule has 0 spiro atoms. The third-order valence-corrected chi connectivity index (χ3v) is 2.70. The molecule has 0 heterocycles. The first-order valence-corrected chi connectivity index (χ1v) is 6.15. The van der Waals surface area contributed by atoms with Gasteiger partial charge in [0.05, 0.1) is 0 Å². The third kappa shape index (κ3) is 8.80. The topological polar surface area (TPSA) is 116 Å². The minimum atomic E-state index is -1.20. The first-order valence-electron chi connectivity index (χ1n) is 6.15. The van der Waals surface area contributed by atoms with Crippen LogP contribution in [0.25, 0.3) is 0 Å². The van der Waals surface area contributed by atoms with Crippen molar-refractivity contribution in [3.8, 4) is 0 Å². The highest BCUT2D eigenvalue weighted by Crippen LogP contribution is 2.15. The molecule has 0 aliphatic carbocycles. The van der Waals surface area contributed by atoms with E-state index in [2.05, 4.69) is 13.8 Å². The van der Waals surface area contributed by atoms with Gasteiger partial charge in [-0.25, -0.2) is 0 Å². The van der Waals surface area contributed by atoms with E-state index in [9.17, 15) is 9.59 Å². The Hall–Kier alpha value is -0.850. The Labute approximate surface area is 120 Å². The van der Waals surface area contributed by atoms with E-state index in [1.807, 2.05) is 0 Å². The molecule has 7 heteroatoms. The van der Waals surface area contributed by atoms with Crippen LogP contribution in [-0.2, 0) is 14.3 Å². The number of carboxylic acid groups (broad SMARTS) is 1. The van der Waals surface area contributed by atoms with Gasteiger partial charge in [0.2, 0.25) is 0 Å². The van der Waals surface area contributed by atoms with Crippen molar-refractivity contribution in [2.45, 2.75) is 45.8 Å². The van der Waals surface area contributed by atoms with Crippen LogP contribution in [0.2, 0.25) is 0 Å². The van der Waals surface area contributed by atoms with Crippen LogP contribution in [0.4, 0.5) is 0 Å². The second-order valence-electron chi connectivity index (χ2n) is 4.99. The van der Waals surface area contributed by atoms with Gasteiger partial charge in [0.15, 0.2) is 0 Å². The highest BCUT2D eigenvalue weighted by Gasteiger charge is 2.24. The molecule has 3 atom stereocenters. The lowest BCUT2D eigenvalue weighted by Crippen LogP contribution is -2.42. The van der Waals surface area contributed by atoms with Gasteiger partial charge in [-0.3, -0.25) is 9.59 Å². The average molecular weight is 297 g/mol. The maximum absolute atomic E-state index is 11.6. The number of hydrogen-bond donors (Lipinski definition) is 3. The van der Waals surface area contributed by atoms with Crippen LogP contribution < -0.4 is 11.5 Å². The van der Waals surface area contributed by atoms with Gasteiger partial charge in [0.1, 0.15) is 12.1 Å². The fraction of sp³-hybridized carbons (Fsp3) is 0.833. The van der Waals surface area contributed by atoms with E-state index in [1.165, 1.54) is 6.92 Å². The smallest absolute Gasteiger partial charge is 0.324 e. The maximum atomic E-state index is 11.6. The number of rotatable bonds is 8. The van der Waals surface area contributed by atoms with Gasteiger partial charge >= 0.3 is 11.9 Å². The molecule has 0 bridgehead atoms. The van der Waals surface area contributed by atoms with E-state index in [0.717, 1.165) is 6.42 Å². The number of esters is 1. The molecule has 0 aliphatic rings. The van der Waals surface area contributed by atoms with Gasteiger partial charge in [-0.05, 0) is 31.7 Å². The summed E-state index contributed by atoms with van der Waals surface area (Å²) in [7, 11) is 0. The number of carbonyl (C=O) groups excluding carboxylic acids is 1. The Balaban J connectivity index is 0. The number of halogens is 1. The summed E-state index contributed by atoms with van der Waals surface area (Å²) in [5.41, 5.74) is 10.9. The molecular formula is C12H25ClN2O4. The lowest BCUT2D eigenvalue weighted by atomic mass is 9.94. The fourth-order valence-electron chi connectivity index (χ4n) is 1.69. The monoisotopic (exact) mass is 296 g/mol. The van der Waals surface area contributed by atoms with Gasteiger partial charge in [-0.15, -0.1) is 12.4 Å². The summed E-state index contributed by atoms with van der Waals surface area (Å²) in [5, 5.41) is 8.68. The minimum absolute atomic E-state index is 0. The zero-order valence-corrected chi connectivity index (χ0v) is 12.5. The first-order chi connectivity index (χ1) is 8.27. The molecule has 114 valence electrons. The summed E-state index contributed by atoms with van der Waals surface area (Å²) < 4.78 is 4.99. The highest BCUT2D eigenvalue weighted by molar-refractivity contribution is 5.85. The number of hydrogen-bond acceptors (Lipinski definition) is 5. The Morgan fingerprint density at radius 3 is 2.16 bits per heavy atom. The highest BCUT2D eigenvalue weighted by atomic mass is 35.5. The van der Waals surface area contributed by atoms with E-state index in [4.69, 9.17) is 21.3 Å². The van der Waals surface area contributed by atoms with E-state index >= 15 is 0 Å². The van der Waals surface area contributed by atoms with Crippen molar-refractivity contribution in [3.05, 3.63) is 0 Å². The molecule has 0 saturated heterocycles. The molecule has 0 aromatic heterocycles. The zero-order chi connectivity index (χ0) is 14.3. The molecule has 0 radical (unpaired) electrons. The Morgan fingerprint density at radius 2 is 1.79 bits per heavy atom. The minimum Gasteiger partial charge on any atom is -0.480 e. The van der Waals surface area contributed by atoms with Crippen LogP contribution in [0.5, 0.6) is 0 Å². The Bertz CT molecular complexity index is 287. The molecule has 0 aliphatic heterocycles. The second-order valence-corrected chi connectivity index (χ2v) is 4.99. The number of ether oxygens (including phenoxy) is 1. The molecule has 19 heavy (non-hydrogen) atoms. The van der Waals surface area contributed by atoms with Crippen LogP contribution >= 0.6 is 12.4 Å². The number of carbonyl (C=O) groups is 2. The average Bonchev–Trinajstić information content (AvgIpc) is 2.25. The number of aliphatic carboxylic acids is 1. The summed E-state index contributed by atoms with van der Waals surface area (Å²) in [5.74, 6) is -1.13. The molecule has 0 aromatic rings. The molecule has 0 unspecified atom stereocenters. The SMILES string of the molecule is CC(C)C[C@H](CN)CC(=O)O[C@H](C)[C@H](N)C(=O)O.Cl. The lowest BCUT2D eigenvalue weighted by Gasteiger charge is -2.20.